The third-order valence-electron chi connectivity index (χ3n) is 7.57. The average molecular weight is 461 g/mol. The summed E-state index contributed by atoms with van der Waals surface area (Å²) >= 11 is 0. The number of halogens is 1. The fraction of sp³-hybridized carbons (Fsp3) is 0.207. The minimum absolute atomic E-state index is 0.0913. The van der Waals surface area contributed by atoms with Crippen LogP contribution < -0.4 is 0 Å². The van der Waals surface area contributed by atoms with Gasteiger partial charge in [0, 0.05) is 39.6 Å². The van der Waals surface area contributed by atoms with Gasteiger partial charge in [0.25, 0.3) is 0 Å². The Bertz CT molecular complexity index is 1610. The lowest BCUT2D eigenvalue weighted by atomic mass is 9.65. The lowest BCUT2D eigenvalue weighted by Gasteiger charge is -2.36. The number of benzene rings is 2. The Labute approximate surface area is 202 Å². The second kappa shape index (κ2) is 7.64. The number of hydrogen-bond donors (Lipinski definition) is 0. The first kappa shape index (κ1) is 21.3. The average Bonchev–Trinajstić information content (AvgIpc) is 3.18. The number of Topliss-reactive ketones (excluding diaryl/α,β-unsaturated/α-hetero) is 1. The highest BCUT2D eigenvalue weighted by Crippen LogP contribution is 2.52. The maximum atomic E-state index is 15.1. The van der Waals surface area contributed by atoms with E-state index in [1.165, 1.54) is 6.07 Å². The summed E-state index contributed by atoms with van der Waals surface area (Å²) in [5.41, 5.74) is 3.64. The molecule has 6 rings (SSSR count). The fourth-order valence-electron chi connectivity index (χ4n) is 5.78. The van der Waals surface area contributed by atoms with Crippen molar-refractivity contribution in [1.29, 1.82) is 5.26 Å². The summed E-state index contributed by atoms with van der Waals surface area (Å²) in [6.07, 6.45) is 4.04. The Morgan fingerprint density at radius 1 is 1.06 bits per heavy atom. The first-order valence-electron chi connectivity index (χ1n) is 11.6. The van der Waals surface area contributed by atoms with E-state index in [9.17, 15) is 10.1 Å². The van der Waals surface area contributed by atoms with Crippen LogP contribution in [0, 0.1) is 29.0 Å². The molecule has 0 saturated carbocycles. The predicted molar refractivity (Wildman–Crippen MR) is 131 cm³/mol. The second-order valence-corrected chi connectivity index (χ2v) is 9.49. The van der Waals surface area contributed by atoms with Crippen LogP contribution in [0.2, 0.25) is 0 Å². The molecule has 2 aliphatic rings. The summed E-state index contributed by atoms with van der Waals surface area (Å²) in [6.45, 7) is 3.89. The third-order valence-corrected chi connectivity index (χ3v) is 7.57. The zero-order valence-corrected chi connectivity index (χ0v) is 19.3. The van der Waals surface area contributed by atoms with Crippen molar-refractivity contribution in [3.05, 3.63) is 89.5 Å². The molecule has 4 aromatic rings. The van der Waals surface area contributed by atoms with Crippen molar-refractivity contribution in [2.75, 3.05) is 0 Å². The van der Waals surface area contributed by atoms with Gasteiger partial charge < -0.3 is 0 Å². The van der Waals surface area contributed by atoms with Crippen LogP contribution in [0.1, 0.15) is 25.1 Å². The summed E-state index contributed by atoms with van der Waals surface area (Å²) in [5, 5.41) is 10.6. The standard InChI is InChI=1S/C29H21FN4O/c1-16-22-13-21-25(20-7-3-4-10-23(20)30)33-28(19-8-5-11-24-18(19)9-6-12-32-24)34-27(21)29(22,2)14-17(15-31)26(16)35/h3-12,14,16,22H,13H2,1-2H3/t16?,22?,29-/m1/s1. The minimum Gasteiger partial charge on any atom is -0.293 e. The van der Waals surface area contributed by atoms with Crippen LogP contribution in [-0.4, -0.2) is 20.7 Å². The van der Waals surface area contributed by atoms with Crippen LogP contribution in [0.4, 0.5) is 4.39 Å². The van der Waals surface area contributed by atoms with E-state index in [0.717, 1.165) is 27.7 Å². The zero-order valence-electron chi connectivity index (χ0n) is 19.3. The van der Waals surface area contributed by atoms with Crippen LogP contribution in [0.5, 0.6) is 0 Å². The van der Waals surface area contributed by atoms with Gasteiger partial charge in [0.15, 0.2) is 11.6 Å². The van der Waals surface area contributed by atoms with Crippen LogP contribution in [0.15, 0.2) is 72.4 Å². The van der Waals surface area contributed by atoms with E-state index in [1.54, 1.807) is 30.5 Å². The Kier molecular flexibility index (Phi) is 4.65. The molecule has 2 aromatic carbocycles. The zero-order chi connectivity index (χ0) is 24.3. The molecule has 5 nitrogen and oxygen atoms in total. The number of hydrogen-bond acceptors (Lipinski definition) is 5. The van der Waals surface area contributed by atoms with Gasteiger partial charge in [-0.2, -0.15) is 5.26 Å². The third kappa shape index (κ3) is 3.05. The molecule has 0 spiro atoms. The number of carbonyl (C=O) groups excluding carboxylic acids is 1. The first-order chi connectivity index (χ1) is 16.9. The number of rotatable bonds is 2. The maximum Gasteiger partial charge on any atom is 0.176 e. The number of pyridine rings is 1. The molecule has 0 radical (unpaired) electrons. The monoisotopic (exact) mass is 460 g/mol. The van der Waals surface area contributed by atoms with Gasteiger partial charge in [0.2, 0.25) is 0 Å². The van der Waals surface area contributed by atoms with Crippen LogP contribution >= 0.6 is 0 Å². The number of allylic oxidation sites excluding steroid dienone is 2. The molecule has 2 unspecified atom stereocenters. The van der Waals surface area contributed by atoms with Gasteiger partial charge in [-0.25, -0.2) is 14.4 Å². The van der Waals surface area contributed by atoms with Crippen LogP contribution in [0.25, 0.3) is 33.5 Å². The van der Waals surface area contributed by atoms with Gasteiger partial charge in [-0.1, -0.05) is 50.3 Å². The number of aromatic nitrogens is 3. The SMILES string of the molecule is CC1C(=O)C(C#N)=C[C@@]2(C)c3nc(-c4cccc5ncccc45)nc(-c4ccccc4F)c3CC12. The summed E-state index contributed by atoms with van der Waals surface area (Å²) in [5.74, 6) is -0.488. The minimum atomic E-state index is -0.645. The molecule has 170 valence electrons. The number of fused-ring (bicyclic) bond motifs is 4. The van der Waals surface area contributed by atoms with E-state index in [4.69, 9.17) is 9.97 Å². The van der Waals surface area contributed by atoms with Crippen molar-refractivity contribution in [3.63, 3.8) is 0 Å². The van der Waals surface area contributed by atoms with Gasteiger partial charge in [-0.3, -0.25) is 9.78 Å². The molecule has 2 heterocycles. The highest BCUT2D eigenvalue weighted by atomic mass is 19.1. The number of carbonyl (C=O) groups is 1. The van der Waals surface area contributed by atoms with E-state index in [-0.39, 0.29) is 29.0 Å². The van der Waals surface area contributed by atoms with E-state index in [0.29, 0.717) is 23.5 Å². The summed E-state index contributed by atoms with van der Waals surface area (Å²) in [4.78, 5) is 27.3. The van der Waals surface area contributed by atoms with Gasteiger partial charge in [-0.05, 0) is 36.6 Å². The lowest BCUT2D eigenvalue weighted by molar-refractivity contribution is -0.121. The number of nitriles is 1. The summed E-state index contributed by atoms with van der Waals surface area (Å²) in [7, 11) is 0. The van der Waals surface area contributed by atoms with Crippen molar-refractivity contribution >= 4 is 16.7 Å². The Balaban J connectivity index is 1.69. The predicted octanol–water partition coefficient (Wildman–Crippen LogP) is 5.60. The fourth-order valence-corrected chi connectivity index (χ4v) is 5.78. The Morgan fingerprint density at radius 2 is 1.86 bits per heavy atom. The molecule has 0 amide bonds. The largest absolute Gasteiger partial charge is 0.293 e. The number of nitrogens with zero attached hydrogens (tertiary/aromatic N) is 4. The van der Waals surface area contributed by atoms with Crippen molar-refractivity contribution < 1.29 is 9.18 Å². The molecule has 0 saturated heterocycles. The lowest BCUT2D eigenvalue weighted by Crippen LogP contribution is -2.40. The van der Waals surface area contributed by atoms with E-state index >= 15 is 4.39 Å². The number of ketones is 1. The Morgan fingerprint density at radius 3 is 2.66 bits per heavy atom. The molecule has 6 heteroatoms. The van der Waals surface area contributed by atoms with Crippen molar-refractivity contribution in [3.8, 4) is 28.7 Å². The molecule has 35 heavy (non-hydrogen) atoms. The van der Waals surface area contributed by atoms with Gasteiger partial charge in [-0.15, -0.1) is 0 Å². The molecule has 0 fully saturated rings. The van der Waals surface area contributed by atoms with Gasteiger partial charge in [0.05, 0.1) is 22.5 Å². The highest BCUT2D eigenvalue weighted by molar-refractivity contribution is 6.02. The van der Waals surface area contributed by atoms with Gasteiger partial charge >= 0.3 is 0 Å². The topological polar surface area (TPSA) is 79.5 Å². The smallest absolute Gasteiger partial charge is 0.176 e. The van der Waals surface area contributed by atoms with Gasteiger partial charge in [0.1, 0.15) is 11.9 Å². The van der Waals surface area contributed by atoms with Crippen LogP contribution in [0.3, 0.4) is 0 Å². The van der Waals surface area contributed by atoms with E-state index in [2.05, 4.69) is 11.1 Å². The van der Waals surface area contributed by atoms with Crippen molar-refractivity contribution in [2.45, 2.75) is 25.7 Å². The Hall–Kier alpha value is -4.24. The summed E-state index contributed by atoms with van der Waals surface area (Å²) < 4.78 is 15.1. The normalized spacial score (nSPS) is 22.9. The molecule has 2 aromatic heterocycles. The molecular weight excluding hydrogens is 439 g/mol. The first-order valence-corrected chi connectivity index (χ1v) is 11.6. The van der Waals surface area contributed by atoms with Crippen molar-refractivity contribution in [2.24, 2.45) is 11.8 Å². The second-order valence-electron chi connectivity index (χ2n) is 9.49. The van der Waals surface area contributed by atoms with Crippen LogP contribution in [-0.2, 0) is 16.6 Å². The van der Waals surface area contributed by atoms with E-state index < -0.39 is 5.41 Å². The highest BCUT2D eigenvalue weighted by Gasteiger charge is 2.52. The molecule has 0 aliphatic heterocycles. The molecular formula is C29H21FN4O. The van der Waals surface area contributed by atoms with E-state index in [1.807, 2.05) is 44.2 Å². The quantitative estimate of drug-likeness (QED) is 0.389. The maximum absolute atomic E-state index is 15.1. The molecule has 0 bridgehead atoms. The molecule has 2 aliphatic carbocycles. The van der Waals surface area contributed by atoms with Crippen molar-refractivity contribution in [1.82, 2.24) is 15.0 Å². The molecule has 3 atom stereocenters. The molecule has 0 N–H and O–H groups in total. The summed E-state index contributed by atoms with van der Waals surface area (Å²) in [6, 6.07) is 18.3.